The van der Waals surface area contributed by atoms with Crippen molar-refractivity contribution in [1.82, 2.24) is 0 Å². The number of rotatable bonds is 8. The Labute approximate surface area is 254 Å². The molecule has 208 valence electrons. The molecule has 35 heavy (non-hydrogen) atoms. The van der Waals surface area contributed by atoms with Gasteiger partial charge in [-0.05, 0) is 116 Å². The Bertz CT molecular complexity index is 658. The first-order valence-electron chi connectivity index (χ1n) is 15.5. The number of hydrogen-bond acceptors (Lipinski definition) is 0. The Balaban J connectivity index is 0.00000216. The van der Waals surface area contributed by atoms with Gasteiger partial charge in [0.2, 0.25) is 0 Å². The van der Waals surface area contributed by atoms with Crippen LogP contribution < -0.4 is 48.0 Å². The van der Waals surface area contributed by atoms with E-state index in [2.05, 4.69) is 55.4 Å². The van der Waals surface area contributed by atoms with Gasteiger partial charge in [-0.25, -0.2) is 0 Å². The quantitative estimate of drug-likeness (QED) is 0.265. The normalized spacial score (nSPS) is 41.1. The highest BCUT2D eigenvalue weighted by atomic mass is 127. The summed E-state index contributed by atoms with van der Waals surface area (Å²) in [7, 11) is 0. The lowest BCUT2D eigenvalue weighted by Gasteiger charge is -2.62. The topological polar surface area (TPSA) is 0 Å². The predicted octanol–water partition coefficient (Wildman–Crippen LogP) is 1.53. The van der Waals surface area contributed by atoms with E-state index in [1.807, 2.05) is 0 Å². The standard InChI is InChI=1S/C31H60N2.2HI/c1-9-32(10-2,11-3)25-19-21-30(7)24(23-25)15-16-26-27-17-18-29(33(12-4,13-5)14-6)31(27,8)22-20-28(26)30;;/h24-29H,9-23H2,1-8H3;2*1H/q+2;;/p-2. The lowest BCUT2D eigenvalue weighted by Crippen LogP contribution is -3.00. The number of quaternary nitrogens is 2. The van der Waals surface area contributed by atoms with Gasteiger partial charge in [0.1, 0.15) is 0 Å². The van der Waals surface area contributed by atoms with Crippen LogP contribution in [0.25, 0.3) is 0 Å². The fraction of sp³-hybridized carbons (Fsp3) is 1.00. The molecule has 0 N–H and O–H groups in total. The molecule has 0 aromatic rings. The van der Waals surface area contributed by atoms with Crippen molar-refractivity contribution in [3.63, 3.8) is 0 Å². The molecule has 4 saturated carbocycles. The maximum atomic E-state index is 2.78. The molecule has 0 aromatic carbocycles. The summed E-state index contributed by atoms with van der Waals surface area (Å²) in [4.78, 5) is 0. The summed E-state index contributed by atoms with van der Waals surface area (Å²) in [5.41, 5.74) is 1.23. The number of nitrogens with zero attached hydrogens (tertiary/aromatic N) is 2. The van der Waals surface area contributed by atoms with Crippen molar-refractivity contribution in [3.05, 3.63) is 0 Å². The highest BCUT2D eigenvalue weighted by Crippen LogP contribution is 2.67. The summed E-state index contributed by atoms with van der Waals surface area (Å²) in [6, 6.07) is 1.85. The molecule has 4 fully saturated rings. The van der Waals surface area contributed by atoms with Crippen LogP contribution in [0.15, 0.2) is 0 Å². The zero-order chi connectivity index (χ0) is 24.1. The Morgan fingerprint density at radius 1 is 0.571 bits per heavy atom. The van der Waals surface area contributed by atoms with Crippen LogP contribution in [0.1, 0.15) is 113 Å². The first kappa shape index (κ1) is 32.6. The number of fused-ring (bicyclic) bond motifs is 5. The van der Waals surface area contributed by atoms with Crippen LogP contribution in [0.4, 0.5) is 0 Å². The fourth-order valence-electron chi connectivity index (χ4n) is 11.4. The molecule has 0 bridgehead atoms. The van der Waals surface area contributed by atoms with Crippen molar-refractivity contribution in [2.75, 3.05) is 39.3 Å². The zero-order valence-electron chi connectivity index (χ0n) is 24.7. The summed E-state index contributed by atoms with van der Waals surface area (Å²) in [5.74, 6) is 4.06. The Hall–Kier alpha value is 1.38. The van der Waals surface area contributed by atoms with Gasteiger partial charge in [-0.15, -0.1) is 0 Å². The van der Waals surface area contributed by atoms with Crippen molar-refractivity contribution < 1.29 is 56.9 Å². The van der Waals surface area contributed by atoms with Crippen LogP contribution in [0.2, 0.25) is 0 Å². The molecule has 0 radical (unpaired) electrons. The smallest absolute Gasteiger partial charge is 0.0947 e. The minimum atomic E-state index is 0. The minimum Gasteiger partial charge on any atom is -1.00 e. The molecule has 0 aliphatic heterocycles. The molecule has 4 heteroatoms. The maximum absolute atomic E-state index is 2.78. The van der Waals surface area contributed by atoms with Crippen LogP contribution in [0, 0.1) is 34.5 Å². The van der Waals surface area contributed by atoms with E-state index in [4.69, 9.17) is 0 Å². The first-order valence-corrected chi connectivity index (χ1v) is 15.5. The second-order valence-corrected chi connectivity index (χ2v) is 13.6. The maximum Gasteiger partial charge on any atom is 0.0947 e. The van der Waals surface area contributed by atoms with Gasteiger partial charge in [0.25, 0.3) is 0 Å². The van der Waals surface area contributed by atoms with Gasteiger partial charge in [0.05, 0.1) is 51.4 Å². The molecular formula is C31H60I2N2. The Morgan fingerprint density at radius 2 is 1.09 bits per heavy atom. The minimum absolute atomic E-state index is 0. The Kier molecular flexibility index (Phi) is 11.4. The molecule has 0 heterocycles. The van der Waals surface area contributed by atoms with E-state index in [1.54, 1.807) is 6.42 Å². The molecule has 2 nitrogen and oxygen atoms in total. The number of halogens is 2. The van der Waals surface area contributed by atoms with Gasteiger partial charge >= 0.3 is 0 Å². The van der Waals surface area contributed by atoms with Crippen LogP contribution in [0.5, 0.6) is 0 Å². The molecule has 0 spiro atoms. The van der Waals surface area contributed by atoms with E-state index in [9.17, 15) is 0 Å². The Morgan fingerprint density at radius 3 is 1.63 bits per heavy atom. The first-order chi connectivity index (χ1) is 15.7. The second-order valence-electron chi connectivity index (χ2n) is 13.6. The van der Waals surface area contributed by atoms with E-state index in [1.165, 1.54) is 99.6 Å². The van der Waals surface area contributed by atoms with Crippen molar-refractivity contribution in [2.45, 2.75) is 125 Å². The average molecular weight is 715 g/mol. The fourth-order valence-corrected chi connectivity index (χ4v) is 11.4. The lowest BCUT2D eigenvalue weighted by atomic mass is 9.44. The van der Waals surface area contributed by atoms with E-state index < -0.39 is 0 Å². The zero-order valence-corrected chi connectivity index (χ0v) is 29.0. The molecule has 0 saturated heterocycles. The highest BCUT2D eigenvalue weighted by Gasteiger charge is 2.64. The highest BCUT2D eigenvalue weighted by molar-refractivity contribution is 5.10. The number of hydrogen-bond donors (Lipinski definition) is 0. The van der Waals surface area contributed by atoms with Gasteiger partial charge in [-0.2, -0.15) is 0 Å². The molecule has 8 atom stereocenters. The van der Waals surface area contributed by atoms with Gasteiger partial charge in [-0.1, -0.05) is 13.8 Å². The van der Waals surface area contributed by atoms with Crippen molar-refractivity contribution in [2.24, 2.45) is 34.5 Å². The van der Waals surface area contributed by atoms with Crippen LogP contribution >= 0.6 is 0 Å². The van der Waals surface area contributed by atoms with Crippen molar-refractivity contribution >= 4 is 0 Å². The van der Waals surface area contributed by atoms with Gasteiger partial charge in [0.15, 0.2) is 0 Å². The summed E-state index contributed by atoms with van der Waals surface area (Å²) in [6.45, 7) is 28.3. The SMILES string of the molecule is CC[N+](CC)(CC)C1CCC2(C)C(CCC3C2CCC2(C)C3CCC2[N+](CC)(CC)CC)C1.[I-].[I-]. The van der Waals surface area contributed by atoms with Gasteiger partial charge in [-0.3, -0.25) is 0 Å². The van der Waals surface area contributed by atoms with Crippen molar-refractivity contribution in [1.29, 1.82) is 0 Å². The van der Waals surface area contributed by atoms with Crippen LogP contribution in [-0.2, 0) is 0 Å². The molecule has 0 aromatic heterocycles. The van der Waals surface area contributed by atoms with Gasteiger partial charge in [0, 0.05) is 18.3 Å². The summed E-state index contributed by atoms with van der Waals surface area (Å²) >= 11 is 0. The van der Waals surface area contributed by atoms with Crippen LogP contribution in [-0.4, -0.2) is 60.3 Å². The molecular weight excluding hydrogens is 654 g/mol. The summed E-state index contributed by atoms with van der Waals surface area (Å²) in [6.07, 6.45) is 13.7. The van der Waals surface area contributed by atoms with Gasteiger partial charge < -0.3 is 56.9 Å². The molecule has 0 amide bonds. The van der Waals surface area contributed by atoms with E-state index >= 15 is 0 Å². The lowest BCUT2D eigenvalue weighted by molar-refractivity contribution is -0.953. The molecule has 4 aliphatic carbocycles. The van der Waals surface area contributed by atoms with E-state index in [-0.39, 0.29) is 48.0 Å². The monoisotopic (exact) mass is 714 g/mol. The summed E-state index contributed by atoms with van der Waals surface area (Å²) in [5, 5.41) is 0. The molecule has 8 unspecified atom stereocenters. The average Bonchev–Trinajstić information content (AvgIpc) is 3.20. The largest absolute Gasteiger partial charge is 1.00 e. The third-order valence-corrected chi connectivity index (χ3v) is 13.8. The molecule has 4 aliphatic rings. The van der Waals surface area contributed by atoms with E-state index in [0.29, 0.717) is 10.8 Å². The van der Waals surface area contributed by atoms with E-state index in [0.717, 1.165) is 35.8 Å². The molecule has 4 rings (SSSR count). The third kappa shape index (κ3) is 4.93. The second kappa shape index (κ2) is 12.3. The third-order valence-electron chi connectivity index (χ3n) is 13.8. The van der Waals surface area contributed by atoms with Crippen molar-refractivity contribution in [3.8, 4) is 0 Å². The predicted molar refractivity (Wildman–Crippen MR) is 143 cm³/mol. The summed E-state index contributed by atoms with van der Waals surface area (Å²) < 4.78 is 2.77. The van der Waals surface area contributed by atoms with Crippen LogP contribution in [0.3, 0.4) is 0 Å².